The van der Waals surface area contributed by atoms with Crippen LogP contribution >= 0.6 is 11.6 Å². The minimum Gasteiger partial charge on any atom is -0.487 e. The summed E-state index contributed by atoms with van der Waals surface area (Å²) in [7, 11) is -2.42. The van der Waals surface area contributed by atoms with Crippen LogP contribution in [-0.2, 0) is 32.7 Å². The van der Waals surface area contributed by atoms with E-state index in [1.54, 1.807) is 32.2 Å². The van der Waals surface area contributed by atoms with Crippen molar-refractivity contribution in [2.45, 2.75) is 64.2 Å². The van der Waals surface area contributed by atoms with Crippen LogP contribution in [0.25, 0.3) is 0 Å². The Morgan fingerprint density at radius 3 is 2.74 bits per heavy atom. The maximum Gasteiger partial charge on any atom is 0.301 e. The monoisotopic (exact) mass is 631 g/mol. The minimum absolute atomic E-state index is 0.101. The molecule has 3 aliphatic rings. The number of nitrogens with zero attached hydrogens (tertiary/aromatic N) is 1. The first kappa shape index (κ1) is 31.8. The highest BCUT2D eigenvalue weighted by Crippen LogP contribution is 2.41. The lowest BCUT2D eigenvalue weighted by molar-refractivity contribution is -0.0308. The van der Waals surface area contributed by atoms with Crippen LogP contribution in [0.3, 0.4) is 0 Å². The van der Waals surface area contributed by atoms with Crippen LogP contribution in [0, 0.1) is 11.8 Å². The van der Waals surface area contributed by atoms with Crippen molar-refractivity contribution in [1.29, 1.82) is 0 Å². The number of rotatable bonds is 4. The fourth-order valence-electron chi connectivity index (χ4n) is 6.15. The molecule has 0 aromatic heterocycles. The van der Waals surface area contributed by atoms with Crippen molar-refractivity contribution in [2.75, 3.05) is 38.3 Å². The topological polar surface area (TPSA) is 106 Å². The molecule has 2 aromatic carbocycles. The predicted octanol–water partition coefficient (Wildman–Crippen LogP) is 5.03. The quantitative estimate of drug-likeness (QED) is 0.360. The van der Waals surface area contributed by atoms with Crippen LogP contribution in [0.4, 0.5) is 5.69 Å². The number of ether oxygens (including phenoxy) is 3. The molecule has 1 amide bonds. The van der Waals surface area contributed by atoms with Gasteiger partial charge in [-0.1, -0.05) is 29.8 Å². The van der Waals surface area contributed by atoms with E-state index in [0.29, 0.717) is 48.8 Å². The summed E-state index contributed by atoms with van der Waals surface area (Å²) in [6, 6.07) is 10.6. The molecule has 1 saturated carbocycles. The summed E-state index contributed by atoms with van der Waals surface area (Å²) in [5.74, 6) is 0.659. The van der Waals surface area contributed by atoms with Crippen LogP contribution in [-0.4, -0.2) is 59.9 Å². The van der Waals surface area contributed by atoms with E-state index in [4.69, 9.17) is 25.8 Å². The van der Waals surface area contributed by atoms with E-state index < -0.39 is 22.2 Å². The molecule has 2 aromatic rings. The molecule has 2 N–H and O–H groups in total. The Bertz CT molecular complexity index is 1420. The summed E-state index contributed by atoms with van der Waals surface area (Å²) < 4.78 is 48.3. The number of halogens is 1. The largest absolute Gasteiger partial charge is 0.487 e. The average molecular weight is 632 g/mol. The van der Waals surface area contributed by atoms with Gasteiger partial charge in [-0.2, -0.15) is 13.1 Å². The van der Waals surface area contributed by atoms with Gasteiger partial charge in [0.05, 0.1) is 25.0 Å². The predicted molar refractivity (Wildman–Crippen MR) is 168 cm³/mol. The maximum absolute atomic E-state index is 13.2. The molecule has 1 unspecified atom stereocenters. The van der Waals surface area contributed by atoms with Gasteiger partial charge in [0.2, 0.25) is 0 Å². The Morgan fingerprint density at radius 1 is 1.09 bits per heavy atom. The number of methoxy groups -OCH3 is 1. The first-order chi connectivity index (χ1) is 20.7. The summed E-state index contributed by atoms with van der Waals surface area (Å²) >= 11 is 6.32. The fourth-order valence-corrected chi connectivity index (χ4v) is 7.39. The molecule has 9 nitrogen and oxygen atoms in total. The van der Waals surface area contributed by atoms with Gasteiger partial charge in [-0.15, -0.1) is 0 Å². The zero-order chi connectivity index (χ0) is 30.4. The van der Waals surface area contributed by atoms with Crippen LogP contribution < -0.4 is 19.1 Å². The molecular formula is C32H42ClN3O6S. The lowest BCUT2D eigenvalue weighted by Gasteiger charge is -2.44. The van der Waals surface area contributed by atoms with Crippen molar-refractivity contribution in [3.05, 3.63) is 70.3 Å². The zero-order valence-electron chi connectivity index (χ0n) is 24.9. The van der Waals surface area contributed by atoms with Crippen LogP contribution in [0.15, 0.2) is 48.6 Å². The molecule has 1 fully saturated rings. The van der Waals surface area contributed by atoms with E-state index in [0.717, 1.165) is 56.4 Å². The number of anilines is 1. The first-order valence-corrected chi connectivity index (χ1v) is 17.0. The van der Waals surface area contributed by atoms with Crippen LogP contribution in [0.5, 0.6) is 5.75 Å². The molecular weight excluding hydrogens is 590 g/mol. The maximum atomic E-state index is 13.2. The van der Waals surface area contributed by atoms with Gasteiger partial charge in [0.15, 0.2) is 0 Å². The molecule has 5 rings (SSSR count). The number of carbonyl (C=O) groups excluding carboxylic acids is 1. The van der Waals surface area contributed by atoms with E-state index in [9.17, 15) is 13.2 Å². The number of aryl methyl sites for hydroxylation is 1. The Labute approximate surface area is 260 Å². The Balaban J connectivity index is 1.51. The SMILES string of the molecule is COCCOC1/C=C/C[C@H](C)NS(=O)(=O)NC(=O)c2ccc3c(c2)N(CCCCc2cc(Cl)ccc2CO3)C[C@@H]2CC[C@@H]12. The number of benzene rings is 2. The van der Waals surface area contributed by atoms with Crippen molar-refractivity contribution in [3.8, 4) is 5.75 Å². The average Bonchev–Trinajstić information content (AvgIpc) is 2.97. The number of amides is 1. The standard InChI is InChI=1S/C32H42ClN3O6S/c1-22-6-5-8-30(41-17-16-40-2)28-13-10-25(28)20-36-15-4-3-7-23-18-27(33)12-9-26(23)21-42-31-14-11-24(19-29(31)36)32(37)35-43(38,39)34-22/h5,8-9,11-12,14,18-19,22,25,28,30,34H,3-4,6-7,10,13,15-17,20-21H2,1-2H3,(H,35,37)/b8-5+/t22-,25-,28+,30?/m0/s1. The molecule has 0 saturated heterocycles. The van der Waals surface area contributed by atoms with Gasteiger partial charge in [-0.3, -0.25) is 4.79 Å². The molecule has 2 heterocycles. The number of fused-ring (bicyclic) bond motifs is 3. The van der Waals surface area contributed by atoms with Crippen LogP contribution in [0.1, 0.15) is 60.5 Å². The van der Waals surface area contributed by atoms with E-state index in [1.165, 1.54) is 5.56 Å². The van der Waals surface area contributed by atoms with E-state index in [-0.39, 0.29) is 11.7 Å². The van der Waals surface area contributed by atoms with Gasteiger partial charge < -0.3 is 19.1 Å². The summed E-state index contributed by atoms with van der Waals surface area (Å²) in [5, 5.41) is 0.710. The molecule has 1 aliphatic carbocycles. The highest BCUT2D eigenvalue weighted by molar-refractivity contribution is 7.88. The second-order valence-electron chi connectivity index (χ2n) is 11.7. The molecule has 2 bridgehead atoms. The number of hydrogen-bond donors (Lipinski definition) is 2. The van der Waals surface area contributed by atoms with Gasteiger partial charge in [-0.25, -0.2) is 4.72 Å². The van der Waals surface area contributed by atoms with Gasteiger partial charge in [0.25, 0.3) is 5.91 Å². The third kappa shape index (κ3) is 8.30. The Morgan fingerprint density at radius 2 is 1.95 bits per heavy atom. The lowest BCUT2D eigenvalue weighted by Crippen LogP contribution is -2.45. The molecule has 2 aliphatic heterocycles. The Kier molecular flexibility index (Phi) is 10.7. The molecule has 0 spiro atoms. The molecule has 4 atom stereocenters. The second kappa shape index (κ2) is 14.4. The molecule has 11 heteroatoms. The number of hydrogen-bond acceptors (Lipinski definition) is 7. The third-order valence-electron chi connectivity index (χ3n) is 8.59. The lowest BCUT2D eigenvalue weighted by atomic mass is 9.70. The summed E-state index contributed by atoms with van der Waals surface area (Å²) in [5.41, 5.74) is 3.30. The van der Waals surface area contributed by atoms with Gasteiger partial charge in [-0.05, 0) is 98.7 Å². The zero-order valence-corrected chi connectivity index (χ0v) is 26.5. The van der Waals surface area contributed by atoms with E-state index >= 15 is 0 Å². The fraction of sp³-hybridized carbons (Fsp3) is 0.531. The van der Waals surface area contributed by atoms with Crippen molar-refractivity contribution >= 4 is 33.4 Å². The molecule has 234 valence electrons. The van der Waals surface area contributed by atoms with Gasteiger partial charge in [0.1, 0.15) is 12.4 Å². The summed E-state index contributed by atoms with van der Waals surface area (Å²) in [6.07, 6.45) is 9.32. The summed E-state index contributed by atoms with van der Waals surface area (Å²) in [4.78, 5) is 15.5. The molecule has 0 radical (unpaired) electrons. The van der Waals surface area contributed by atoms with E-state index in [2.05, 4.69) is 20.4 Å². The minimum atomic E-state index is -4.08. The van der Waals surface area contributed by atoms with Crippen molar-refractivity contribution in [3.63, 3.8) is 0 Å². The smallest absolute Gasteiger partial charge is 0.301 e. The highest BCUT2D eigenvalue weighted by Gasteiger charge is 2.38. The van der Waals surface area contributed by atoms with Gasteiger partial charge >= 0.3 is 10.2 Å². The van der Waals surface area contributed by atoms with Crippen molar-refractivity contribution in [2.24, 2.45) is 11.8 Å². The summed E-state index contributed by atoms with van der Waals surface area (Å²) in [6.45, 7) is 4.66. The normalized spacial score (nSPS) is 26.9. The van der Waals surface area contributed by atoms with Crippen LogP contribution in [0.2, 0.25) is 5.02 Å². The Hall–Kier alpha value is -2.63. The first-order valence-electron chi connectivity index (χ1n) is 15.1. The van der Waals surface area contributed by atoms with Crippen molar-refractivity contribution < 1.29 is 27.4 Å². The van der Waals surface area contributed by atoms with E-state index in [1.807, 2.05) is 24.3 Å². The van der Waals surface area contributed by atoms with Crippen molar-refractivity contribution in [1.82, 2.24) is 9.44 Å². The second-order valence-corrected chi connectivity index (χ2v) is 13.6. The number of carbonyl (C=O) groups is 1. The number of nitrogens with one attached hydrogen (secondary N) is 2. The highest BCUT2D eigenvalue weighted by atomic mass is 35.5. The molecule has 43 heavy (non-hydrogen) atoms. The third-order valence-corrected chi connectivity index (χ3v) is 9.99. The van der Waals surface area contributed by atoms with Gasteiger partial charge in [0, 0.05) is 36.8 Å².